The van der Waals surface area contributed by atoms with E-state index in [0.717, 1.165) is 5.56 Å². The smallest absolute Gasteiger partial charge is 0.277 e. The van der Waals surface area contributed by atoms with Crippen LogP contribution in [-0.4, -0.2) is 27.9 Å². The molecule has 2 aromatic rings. The molecule has 1 amide bonds. The molecule has 0 aliphatic rings. The monoisotopic (exact) mass is 333 g/mol. The number of amides is 1. The molecule has 124 valence electrons. The van der Waals surface area contributed by atoms with Crippen molar-refractivity contribution in [3.63, 3.8) is 0 Å². The standard InChI is InChI=1S/C17H23N3O2S/c1-10(2)13(5)18-15(21)9-23-17-20-19-16(22-17)14-7-6-11(3)12(4)8-14/h6-8,10,13H,9H2,1-5H3,(H,18,21)/t13-/m1/s1. The Morgan fingerprint density at radius 1 is 1.22 bits per heavy atom. The van der Waals surface area contributed by atoms with Crippen LogP contribution in [0.25, 0.3) is 11.5 Å². The molecule has 0 fully saturated rings. The van der Waals surface area contributed by atoms with Crippen molar-refractivity contribution >= 4 is 17.7 Å². The van der Waals surface area contributed by atoms with E-state index in [9.17, 15) is 4.79 Å². The first-order valence-electron chi connectivity index (χ1n) is 7.70. The zero-order valence-corrected chi connectivity index (χ0v) is 15.0. The summed E-state index contributed by atoms with van der Waals surface area (Å²) in [5.74, 6) is 1.13. The Morgan fingerprint density at radius 2 is 1.96 bits per heavy atom. The Morgan fingerprint density at radius 3 is 2.61 bits per heavy atom. The molecule has 1 aromatic heterocycles. The van der Waals surface area contributed by atoms with E-state index in [0.29, 0.717) is 17.0 Å². The van der Waals surface area contributed by atoms with Crippen LogP contribution in [0.4, 0.5) is 0 Å². The number of benzene rings is 1. The molecule has 1 N–H and O–H groups in total. The van der Waals surface area contributed by atoms with Gasteiger partial charge in [0, 0.05) is 11.6 Å². The van der Waals surface area contributed by atoms with Crippen molar-refractivity contribution in [2.24, 2.45) is 5.92 Å². The van der Waals surface area contributed by atoms with E-state index in [1.54, 1.807) is 0 Å². The van der Waals surface area contributed by atoms with Gasteiger partial charge in [-0.25, -0.2) is 0 Å². The van der Waals surface area contributed by atoms with E-state index in [1.165, 1.54) is 22.9 Å². The molecule has 0 spiro atoms. The summed E-state index contributed by atoms with van der Waals surface area (Å²) in [4.78, 5) is 11.9. The molecule has 0 aliphatic heterocycles. The van der Waals surface area contributed by atoms with Gasteiger partial charge < -0.3 is 9.73 Å². The molecule has 0 aliphatic carbocycles. The van der Waals surface area contributed by atoms with Crippen LogP contribution in [0.5, 0.6) is 0 Å². The van der Waals surface area contributed by atoms with Crippen LogP contribution in [0.2, 0.25) is 0 Å². The first-order chi connectivity index (χ1) is 10.9. The highest BCUT2D eigenvalue weighted by Crippen LogP contribution is 2.24. The summed E-state index contributed by atoms with van der Waals surface area (Å²) >= 11 is 1.25. The Balaban J connectivity index is 1.94. The van der Waals surface area contributed by atoms with Crippen molar-refractivity contribution < 1.29 is 9.21 Å². The summed E-state index contributed by atoms with van der Waals surface area (Å²) in [7, 11) is 0. The maximum Gasteiger partial charge on any atom is 0.277 e. The van der Waals surface area contributed by atoms with Crippen LogP contribution in [0.1, 0.15) is 31.9 Å². The third-order valence-electron chi connectivity index (χ3n) is 3.88. The van der Waals surface area contributed by atoms with Gasteiger partial charge in [-0.05, 0) is 49.9 Å². The fourth-order valence-corrected chi connectivity index (χ4v) is 2.42. The number of aryl methyl sites for hydroxylation is 2. The van der Waals surface area contributed by atoms with Gasteiger partial charge in [-0.1, -0.05) is 31.7 Å². The van der Waals surface area contributed by atoms with Crippen molar-refractivity contribution in [2.45, 2.75) is 45.9 Å². The molecule has 6 heteroatoms. The van der Waals surface area contributed by atoms with Gasteiger partial charge in [0.1, 0.15) is 0 Å². The second-order valence-electron chi connectivity index (χ2n) is 6.06. The summed E-state index contributed by atoms with van der Waals surface area (Å²) in [5.41, 5.74) is 3.29. The lowest BCUT2D eigenvalue weighted by molar-refractivity contribution is -0.119. The SMILES string of the molecule is Cc1ccc(-c2nnc(SCC(=O)N[C@H](C)C(C)C)o2)cc1C. The largest absolute Gasteiger partial charge is 0.411 e. The minimum Gasteiger partial charge on any atom is -0.411 e. The van der Waals surface area contributed by atoms with E-state index in [2.05, 4.69) is 36.3 Å². The number of nitrogens with zero attached hydrogens (tertiary/aromatic N) is 2. The van der Waals surface area contributed by atoms with Gasteiger partial charge >= 0.3 is 0 Å². The minimum atomic E-state index is -0.0258. The molecule has 1 aromatic carbocycles. The van der Waals surface area contributed by atoms with E-state index < -0.39 is 0 Å². The van der Waals surface area contributed by atoms with Gasteiger partial charge in [-0.3, -0.25) is 4.79 Å². The van der Waals surface area contributed by atoms with Gasteiger partial charge in [0.25, 0.3) is 5.22 Å². The highest BCUT2D eigenvalue weighted by atomic mass is 32.2. The van der Waals surface area contributed by atoms with Crippen LogP contribution in [0, 0.1) is 19.8 Å². The molecule has 23 heavy (non-hydrogen) atoms. The average Bonchev–Trinajstić information content (AvgIpc) is 2.96. The molecular formula is C17H23N3O2S. The maximum atomic E-state index is 11.9. The Bertz CT molecular complexity index is 682. The molecule has 0 unspecified atom stereocenters. The second-order valence-corrected chi connectivity index (χ2v) is 6.99. The molecule has 1 heterocycles. The fourth-order valence-electron chi connectivity index (χ4n) is 1.85. The second kappa shape index (κ2) is 7.64. The number of nitrogens with one attached hydrogen (secondary N) is 1. The summed E-state index contributed by atoms with van der Waals surface area (Å²) in [5, 5.41) is 11.4. The number of hydrogen-bond acceptors (Lipinski definition) is 5. The van der Waals surface area contributed by atoms with Gasteiger partial charge in [-0.15, -0.1) is 10.2 Å². The number of thioether (sulfide) groups is 1. The Labute approximate surface area is 141 Å². The van der Waals surface area contributed by atoms with Crippen LogP contribution in [0.15, 0.2) is 27.8 Å². The maximum absolute atomic E-state index is 11.9. The zero-order chi connectivity index (χ0) is 17.0. The van der Waals surface area contributed by atoms with Crippen molar-refractivity contribution in [2.75, 3.05) is 5.75 Å². The first kappa shape index (κ1) is 17.5. The van der Waals surface area contributed by atoms with Crippen molar-refractivity contribution in [3.05, 3.63) is 29.3 Å². The lowest BCUT2D eigenvalue weighted by Gasteiger charge is -2.16. The van der Waals surface area contributed by atoms with Gasteiger partial charge in [0.15, 0.2) is 0 Å². The molecule has 1 atom stereocenters. The quantitative estimate of drug-likeness (QED) is 0.818. The van der Waals surface area contributed by atoms with Gasteiger partial charge in [-0.2, -0.15) is 0 Å². The van der Waals surface area contributed by atoms with E-state index in [4.69, 9.17) is 4.42 Å². The van der Waals surface area contributed by atoms with E-state index in [-0.39, 0.29) is 17.7 Å². The molecular weight excluding hydrogens is 310 g/mol. The third kappa shape index (κ3) is 4.82. The number of carbonyl (C=O) groups excluding carboxylic acids is 1. The highest BCUT2D eigenvalue weighted by molar-refractivity contribution is 7.99. The van der Waals surface area contributed by atoms with Crippen molar-refractivity contribution in [1.29, 1.82) is 0 Å². The predicted molar refractivity (Wildman–Crippen MR) is 92.4 cm³/mol. The predicted octanol–water partition coefficient (Wildman–Crippen LogP) is 3.61. The molecule has 5 nitrogen and oxygen atoms in total. The van der Waals surface area contributed by atoms with E-state index >= 15 is 0 Å². The van der Waals surface area contributed by atoms with Crippen LogP contribution in [-0.2, 0) is 4.79 Å². The van der Waals surface area contributed by atoms with Crippen LogP contribution < -0.4 is 5.32 Å². The normalized spacial score (nSPS) is 12.4. The number of hydrogen-bond donors (Lipinski definition) is 1. The van der Waals surface area contributed by atoms with Crippen molar-refractivity contribution in [3.8, 4) is 11.5 Å². The lowest BCUT2D eigenvalue weighted by atomic mass is 10.1. The first-order valence-corrected chi connectivity index (χ1v) is 8.68. The van der Waals surface area contributed by atoms with Crippen LogP contribution in [0.3, 0.4) is 0 Å². The van der Waals surface area contributed by atoms with Gasteiger partial charge in [0.05, 0.1) is 5.75 Å². The Kier molecular flexibility index (Phi) is 5.82. The summed E-state index contributed by atoms with van der Waals surface area (Å²) in [6, 6.07) is 6.16. The summed E-state index contributed by atoms with van der Waals surface area (Å²) in [6.45, 7) is 10.3. The fraction of sp³-hybridized carbons (Fsp3) is 0.471. The Hall–Kier alpha value is -1.82. The molecule has 0 saturated heterocycles. The third-order valence-corrected chi connectivity index (χ3v) is 4.69. The zero-order valence-electron chi connectivity index (χ0n) is 14.2. The topological polar surface area (TPSA) is 68.0 Å². The van der Waals surface area contributed by atoms with Crippen molar-refractivity contribution in [1.82, 2.24) is 15.5 Å². The molecule has 0 bridgehead atoms. The van der Waals surface area contributed by atoms with E-state index in [1.807, 2.05) is 32.0 Å². The minimum absolute atomic E-state index is 0.0258. The molecule has 0 radical (unpaired) electrons. The lowest BCUT2D eigenvalue weighted by Crippen LogP contribution is -2.37. The number of carbonyl (C=O) groups is 1. The van der Waals surface area contributed by atoms with Gasteiger partial charge in [0.2, 0.25) is 11.8 Å². The number of rotatable bonds is 6. The molecule has 2 rings (SSSR count). The summed E-state index contributed by atoms with van der Waals surface area (Å²) in [6.07, 6.45) is 0. The number of aromatic nitrogens is 2. The molecule has 0 saturated carbocycles. The average molecular weight is 333 g/mol. The van der Waals surface area contributed by atoms with Crippen LogP contribution >= 0.6 is 11.8 Å². The highest BCUT2D eigenvalue weighted by Gasteiger charge is 2.14. The summed E-state index contributed by atoms with van der Waals surface area (Å²) < 4.78 is 5.63.